The fourth-order valence-electron chi connectivity index (χ4n) is 4.64. The molecule has 10 heteroatoms. The number of thioether (sulfide) groups is 1. The molecule has 2 aliphatic carbocycles. The van der Waals surface area contributed by atoms with E-state index >= 15 is 0 Å². The van der Waals surface area contributed by atoms with E-state index in [1.165, 1.54) is 12.8 Å². The molecule has 8 nitrogen and oxygen atoms in total. The number of hydrogen-bond acceptors (Lipinski definition) is 9. The minimum absolute atomic E-state index is 0.201. The molecule has 2 aromatic heterocycles. The minimum Gasteiger partial charge on any atom is -0.380 e. The summed E-state index contributed by atoms with van der Waals surface area (Å²) in [5.41, 5.74) is 2.49. The van der Waals surface area contributed by atoms with Gasteiger partial charge in [0.15, 0.2) is 5.65 Å². The molecule has 2 aromatic rings. The van der Waals surface area contributed by atoms with Gasteiger partial charge in [-0.1, -0.05) is 11.8 Å². The van der Waals surface area contributed by atoms with Crippen LogP contribution < -0.4 is 9.62 Å². The molecule has 0 aromatic carbocycles. The third-order valence-electron chi connectivity index (χ3n) is 7.79. The van der Waals surface area contributed by atoms with Crippen LogP contribution in [0.25, 0.3) is 5.65 Å². The van der Waals surface area contributed by atoms with E-state index in [0.717, 1.165) is 67.1 Å². The fraction of sp³-hybridized carbons (Fsp3) is 0.583. The van der Waals surface area contributed by atoms with E-state index in [1.54, 1.807) is 18.1 Å². The van der Waals surface area contributed by atoms with E-state index in [-0.39, 0.29) is 15.6 Å². The minimum atomic E-state index is -0.678. The Bertz CT molecular complexity index is 1210. The maximum absolute atomic E-state index is 9.43. The van der Waals surface area contributed by atoms with Crippen LogP contribution in [0, 0.1) is 33.0 Å². The van der Waals surface area contributed by atoms with Crippen molar-refractivity contribution in [2.75, 3.05) is 31.2 Å². The van der Waals surface area contributed by atoms with Crippen molar-refractivity contribution in [3.8, 4) is 6.07 Å². The van der Waals surface area contributed by atoms with Gasteiger partial charge in [0.1, 0.15) is 10.5 Å². The summed E-state index contributed by atoms with van der Waals surface area (Å²) in [4.78, 5) is 8.24. The molecule has 2 saturated carbocycles. The number of nitrogens with one attached hydrogen (secondary N) is 3. The molecule has 4 fully saturated rings. The third kappa shape index (κ3) is 3.92. The van der Waals surface area contributed by atoms with Crippen molar-refractivity contribution in [1.82, 2.24) is 14.1 Å². The summed E-state index contributed by atoms with van der Waals surface area (Å²) in [6.07, 6.45) is 9.84. The van der Waals surface area contributed by atoms with E-state index in [9.17, 15) is 5.26 Å². The van der Waals surface area contributed by atoms with E-state index in [2.05, 4.69) is 28.7 Å². The average molecular weight is 496 g/mol. The Hall–Kier alpha value is -2.06. The van der Waals surface area contributed by atoms with Gasteiger partial charge in [-0.15, -0.1) is 0 Å². The molecule has 2 aliphatic heterocycles. The van der Waals surface area contributed by atoms with Crippen molar-refractivity contribution in [1.29, 1.82) is 16.1 Å². The Labute approximate surface area is 208 Å². The summed E-state index contributed by atoms with van der Waals surface area (Å²) in [7, 11) is 0. The number of pyridine rings is 1. The van der Waals surface area contributed by atoms with Crippen LogP contribution in [0.5, 0.6) is 0 Å². The van der Waals surface area contributed by atoms with Gasteiger partial charge < -0.3 is 9.64 Å². The lowest BCUT2D eigenvalue weighted by Crippen LogP contribution is -2.51. The van der Waals surface area contributed by atoms with Crippen molar-refractivity contribution in [3.63, 3.8) is 0 Å². The number of fused-ring (bicyclic) bond motifs is 1. The maximum atomic E-state index is 9.43. The molecular formula is C24H29N7OS2. The molecule has 0 radical (unpaired) electrons. The predicted octanol–water partition coefficient (Wildman–Crippen LogP) is 4.44. The monoisotopic (exact) mass is 495 g/mol. The molecule has 2 saturated heterocycles. The molecule has 6 rings (SSSR count). The molecule has 4 heterocycles. The summed E-state index contributed by atoms with van der Waals surface area (Å²) >= 11 is 2.73. The number of piperidine rings is 1. The average Bonchev–Trinajstić information content (AvgIpc) is 3.73. The Balaban J connectivity index is 1.30. The Morgan fingerprint density at radius 3 is 2.50 bits per heavy atom. The zero-order valence-corrected chi connectivity index (χ0v) is 20.9. The number of rotatable bonds is 6. The highest BCUT2D eigenvalue weighted by Crippen LogP contribution is 2.49. The molecule has 0 amide bonds. The maximum Gasteiger partial charge on any atom is 0.161 e. The van der Waals surface area contributed by atoms with Crippen LogP contribution in [-0.4, -0.2) is 51.3 Å². The number of anilines is 1. The number of nitrogens with zero attached hydrogens (tertiary/aromatic N) is 4. The third-order valence-corrected chi connectivity index (χ3v) is 9.86. The first-order chi connectivity index (χ1) is 16.3. The lowest BCUT2D eigenvalue weighted by Gasteiger charge is -2.47. The van der Waals surface area contributed by atoms with Crippen LogP contribution in [0.2, 0.25) is 0 Å². The largest absolute Gasteiger partial charge is 0.380 e. The topological polar surface area (TPSA) is 113 Å². The highest BCUT2D eigenvalue weighted by atomic mass is 32.2. The van der Waals surface area contributed by atoms with Crippen LogP contribution in [0.3, 0.4) is 0 Å². The lowest BCUT2D eigenvalue weighted by molar-refractivity contribution is -0.124. The van der Waals surface area contributed by atoms with Crippen molar-refractivity contribution in [3.05, 3.63) is 24.2 Å². The number of hydrogen-bond donors (Lipinski definition) is 3. The highest BCUT2D eigenvalue weighted by molar-refractivity contribution is 8.26. The molecule has 0 bridgehead atoms. The second-order valence-corrected chi connectivity index (χ2v) is 12.5. The van der Waals surface area contributed by atoms with Crippen molar-refractivity contribution < 1.29 is 4.74 Å². The zero-order chi connectivity index (χ0) is 23.6. The van der Waals surface area contributed by atoms with Crippen LogP contribution >= 0.6 is 23.7 Å². The van der Waals surface area contributed by atoms with Gasteiger partial charge in [0.2, 0.25) is 0 Å². The Kier molecular flexibility index (Phi) is 5.26. The summed E-state index contributed by atoms with van der Waals surface area (Å²) in [5.74, 6) is 0. The van der Waals surface area contributed by atoms with Crippen molar-refractivity contribution in [2.24, 2.45) is 10.8 Å². The van der Waals surface area contributed by atoms with Crippen molar-refractivity contribution >= 4 is 45.1 Å². The molecule has 34 heavy (non-hydrogen) atoms. The quantitative estimate of drug-likeness (QED) is 0.308. The van der Waals surface area contributed by atoms with Gasteiger partial charge in [-0.2, -0.15) is 5.26 Å². The predicted molar refractivity (Wildman–Crippen MR) is 136 cm³/mol. The van der Waals surface area contributed by atoms with Gasteiger partial charge in [-0.05, 0) is 63.5 Å². The first-order valence-electron chi connectivity index (χ1n) is 11.9. The number of aromatic nitrogens is 2. The number of ether oxygens (including phenoxy) is 1. The highest BCUT2D eigenvalue weighted by Gasteiger charge is 2.48. The first-order valence-corrected chi connectivity index (χ1v) is 13.5. The second-order valence-electron chi connectivity index (χ2n) is 10.6. The summed E-state index contributed by atoms with van der Waals surface area (Å²) in [5, 5.41) is 27.1. The first kappa shape index (κ1) is 22.4. The summed E-state index contributed by atoms with van der Waals surface area (Å²) in [6, 6.07) is 4.48. The van der Waals surface area contributed by atoms with Crippen LogP contribution in [0.4, 0.5) is 5.69 Å². The van der Waals surface area contributed by atoms with E-state index < -0.39 is 5.41 Å². The van der Waals surface area contributed by atoms with Crippen LogP contribution in [-0.2, 0) is 4.74 Å². The van der Waals surface area contributed by atoms with Crippen LogP contribution in [0.15, 0.2) is 23.4 Å². The molecule has 3 N–H and O–H groups in total. The summed E-state index contributed by atoms with van der Waals surface area (Å²) < 4.78 is 11.1. The van der Waals surface area contributed by atoms with Crippen LogP contribution in [0.1, 0.15) is 51.1 Å². The van der Waals surface area contributed by atoms with Gasteiger partial charge >= 0.3 is 0 Å². The lowest BCUT2D eigenvalue weighted by atomic mass is 9.77. The van der Waals surface area contributed by atoms with E-state index in [4.69, 9.17) is 20.5 Å². The Morgan fingerprint density at radius 2 is 1.91 bits per heavy atom. The SMILES string of the molecule is CC1(NSc2cc(N3CCC4(CC3)COC4)c3ncc(C(=N)SC(=N)C4(C#N)CC4)n3c2)CC1. The molecule has 0 atom stereocenters. The molecule has 4 aliphatic rings. The summed E-state index contributed by atoms with van der Waals surface area (Å²) in [6.45, 7) is 5.96. The van der Waals surface area contributed by atoms with E-state index in [1.807, 2.05) is 10.6 Å². The molecule has 0 unspecified atom stereocenters. The van der Waals surface area contributed by atoms with Crippen molar-refractivity contribution in [2.45, 2.75) is 55.9 Å². The smallest absolute Gasteiger partial charge is 0.161 e. The van der Waals surface area contributed by atoms with Gasteiger partial charge in [-0.3, -0.25) is 19.9 Å². The van der Waals surface area contributed by atoms with Gasteiger partial charge in [0.05, 0.1) is 41.9 Å². The zero-order valence-electron chi connectivity index (χ0n) is 19.3. The van der Waals surface area contributed by atoms with Gasteiger partial charge in [0, 0.05) is 35.1 Å². The Morgan fingerprint density at radius 1 is 1.18 bits per heavy atom. The van der Waals surface area contributed by atoms with E-state index in [0.29, 0.717) is 24.0 Å². The molecule has 1 spiro atoms. The fourth-order valence-corrected chi connectivity index (χ4v) is 6.44. The standard InChI is InChI=1S/C24H29N7OS2/c1-22(2-3-22)29-34-16-10-17(30-8-6-23(7-9-30)14-32-15-23)20-28-11-18(31(20)12-16)19(26)33-21(27)24(13-25)4-5-24/h10-12,26-27,29H,2-9,14-15H2,1H3. The number of nitriles is 1. The molecular weight excluding hydrogens is 466 g/mol. The second kappa shape index (κ2) is 7.98. The number of imidazole rings is 1. The molecule has 178 valence electrons. The van der Waals surface area contributed by atoms with Gasteiger partial charge in [-0.25, -0.2) is 4.98 Å². The van der Waals surface area contributed by atoms with Gasteiger partial charge in [0.25, 0.3) is 0 Å². The normalized spacial score (nSPS) is 23.4.